The Morgan fingerprint density at radius 2 is 1.80 bits per heavy atom. The third kappa shape index (κ3) is 7.68. The van der Waals surface area contributed by atoms with E-state index in [4.69, 9.17) is 9.47 Å². The van der Waals surface area contributed by atoms with Gasteiger partial charge in [0.15, 0.2) is 21.7 Å². The summed E-state index contributed by atoms with van der Waals surface area (Å²) in [7, 11) is -4.24. The van der Waals surface area contributed by atoms with E-state index < -0.39 is 56.1 Å². The molecule has 2 aromatic rings. The van der Waals surface area contributed by atoms with E-state index in [9.17, 15) is 26.4 Å². The average molecular weight is 597 g/mol. The SMILES string of the molecule is CC(NC(C)(C)C)c1ccc2c(c1)CCC[C@H]2NC(=O)[C@@H]1OC(C)(C)O[C@@H]1CS(=O)(=O)c1cccc(C(F)(F)F)c1. The van der Waals surface area contributed by atoms with Gasteiger partial charge in [-0.25, -0.2) is 8.42 Å². The number of hydrogen-bond acceptors (Lipinski definition) is 6. The van der Waals surface area contributed by atoms with Gasteiger partial charge in [-0.2, -0.15) is 13.2 Å². The van der Waals surface area contributed by atoms with Crippen molar-refractivity contribution in [2.45, 2.75) is 107 Å². The quantitative estimate of drug-likeness (QED) is 0.430. The van der Waals surface area contributed by atoms with Crippen LogP contribution in [0.2, 0.25) is 0 Å². The lowest BCUT2D eigenvalue weighted by atomic mass is 9.85. The van der Waals surface area contributed by atoms with E-state index in [-0.39, 0.29) is 17.6 Å². The van der Waals surface area contributed by atoms with Gasteiger partial charge in [-0.1, -0.05) is 24.3 Å². The van der Waals surface area contributed by atoms with E-state index in [1.54, 1.807) is 13.8 Å². The number of rotatable bonds is 7. The van der Waals surface area contributed by atoms with E-state index in [1.165, 1.54) is 0 Å². The maximum Gasteiger partial charge on any atom is 0.416 e. The molecule has 2 aromatic carbocycles. The summed E-state index contributed by atoms with van der Waals surface area (Å²) in [6.07, 6.45) is -4.71. The molecule has 1 aliphatic heterocycles. The van der Waals surface area contributed by atoms with Crippen LogP contribution in [-0.2, 0) is 36.7 Å². The second-order valence-electron chi connectivity index (χ2n) is 12.4. The van der Waals surface area contributed by atoms with Gasteiger partial charge < -0.3 is 20.1 Å². The highest BCUT2D eigenvalue weighted by atomic mass is 32.2. The average Bonchev–Trinajstić information content (AvgIpc) is 3.15. The number of ether oxygens (including phenoxy) is 2. The Kier molecular flexibility index (Phi) is 8.68. The van der Waals surface area contributed by atoms with Crippen molar-refractivity contribution >= 4 is 15.7 Å². The predicted octanol–water partition coefficient (Wildman–Crippen LogP) is 5.64. The lowest BCUT2D eigenvalue weighted by Gasteiger charge is -2.30. The number of hydrogen-bond donors (Lipinski definition) is 2. The van der Waals surface area contributed by atoms with E-state index in [0.717, 1.165) is 47.7 Å². The van der Waals surface area contributed by atoms with Crippen molar-refractivity contribution < 1.29 is 35.9 Å². The number of nitrogens with one attached hydrogen (secondary N) is 2. The van der Waals surface area contributed by atoms with Crippen molar-refractivity contribution in [3.05, 3.63) is 64.7 Å². The summed E-state index contributed by atoms with van der Waals surface area (Å²) in [5, 5.41) is 6.59. The monoisotopic (exact) mass is 596 g/mol. The molecule has 41 heavy (non-hydrogen) atoms. The molecule has 2 aliphatic rings. The number of benzene rings is 2. The van der Waals surface area contributed by atoms with Crippen LogP contribution in [0.3, 0.4) is 0 Å². The molecule has 7 nitrogen and oxygen atoms in total. The molecule has 1 unspecified atom stereocenters. The molecule has 1 saturated heterocycles. The van der Waals surface area contributed by atoms with Crippen LogP contribution < -0.4 is 10.6 Å². The molecule has 0 bridgehead atoms. The van der Waals surface area contributed by atoms with Crippen molar-refractivity contribution in [3.63, 3.8) is 0 Å². The van der Waals surface area contributed by atoms with E-state index in [1.807, 2.05) is 6.07 Å². The van der Waals surface area contributed by atoms with Crippen molar-refractivity contribution in [1.82, 2.24) is 10.6 Å². The third-order valence-corrected chi connectivity index (χ3v) is 9.03. The normalized spacial score (nSPS) is 23.6. The lowest BCUT2D eigenvalue weighted by Crippen LogP contribution is -2.45. The largest absolute Gasteiger partial charge is 0.416 e. The number of amides is 1. The Hall–Kier alpha value is -2.47. The molecule has 1 heterocycles. The van der Waals surface area contributed by atoms with E-state index in [0.29, 0.717) is 12.5 Å². The zero-order valence-electron chi connectivity index (χ0n) is 24.3. The fourth-order valence-corrected chi connectivity index (χ4v) is 7.06. The van der Waals surface area contributed by atoms with Crippen LogP contribution in [0.1, 0.15) is 88.7 Å². The predicted molar refractivity (Wildman–Crippen MR) is 149 cm³/mol. The summed E-state index contributed by atoms with van der Waals surface area (Å²) >= 11 is 0. The summed E-state index contributed by atoms with van der Waals surface area (Å²) in [4.78, 5) is 13.0. The highest BCUT2D eigenvalue weighted by Crippen LogP contribution is 2.35. The maximum absolute atomic E-state index is 13.5. The van der Waals surface area contributed by atoms with Gasteiger partial charge in [0.1, 0.15) is 6.10 Å². The van der Waals surface area contributed by atoms with E-state index in [2.05, 4.69) is 50.5 Å². The van der Waals surface area contributed by atoms with Crippen LogP contribution in [0.25, 0.3) is 0 Å². The maximum atomic E-state index is 13.5. The van der Waals surface area contributed by atoms with Gasteiger partial charge in [0, 0.05) is 11.6 Å². The van der Waals surface area contributed by atoms with Gasteiger partial charge in [-0.3, -0.25) is 4.79 Å². The number of aryl methyl sites for hydroxylation is 1. The van der Waals surface area contributed by atoms with Crippen LogP contribution >= 0.6 is 0 Å². The number of alkyl halides is 3. The van der Waals surface area contributed by atoms with Gasteiger partial charge in [0.2, 0.25) is 0 Å². The third-order valence-electron chi connectivity index (χ3n) is 7.29. The topological polar surface area (TPSA) is 93.7 Å². The molecule has 1 aliphatic carbocycles. The number of sulfone groups is 1. The molecule has 4 atom stereocenters. The van der Waals surface area contributed by atoms with Crippen molar-refractivity contribution in [2.24, 2.45) is 0 Å². The summed E-state index contributed by atoms with van der Waals surface area (Å²) in [5.74, 6) is -2.49. The number of fused-ring (bicyclic) bond motifs is 1. The second-order valence-corrected chi connectivity index (χ2v) is 14.5. The fourth-order valence-electron chi connectivity index (χ4n) is 5.60. The Bertz CT molecular complexity index is 1390. The van der Waals surface area contributed by atoms with Crippen molar-refractivity contribution in [2.75, 3.05) is 5.75 Å². The zero-order valence-corrected chi connectivity index (χ0v) is 25.1. The zero-order chi connectivity index (χ0) is 30.4. The first-order valence-electron chi connectivity index (χ1n) is 13.8. The molecule has 1 fully saturated rings. The summed E-state index contributed by atoms with van der Waals surface area (Å²) in [6, 6.07) is 9.64. The Balaban J connectivity index is 1.51. The Labute approximate surface area is 240 Å². The van der Waals surface area contributed by atoms with Crippen molar-refractivity contribution in [3.8, 4) is 0 Å². The van der Waals surface area contributed by atoms with Gasteiger partial charge in [-0.05, 0) is 95.7 Å². The lowest BCUT2D eigenvalue weighted by molar-refractivity contribution is -0.155. The smallest absolute Gasteiger partial charge is 0.347 e. The minimum atomic E-state index is -4.69. The summed E-state index contributed by atoms with van der Waals surface area (Å²) in [5.41, 5.74) is 2.18. The Morgan fingerprint density at radius 3 is 2.46 bits per heavy atom. The van der Waals surface area contributed by atoms with Crippen LogP contribution in [0.4, 0.5) is 13.2 Å². The minimum Gasteiger partial charge on any atom is -0.347 e. The number of halogens is 3. The molecule has 11 heteroatoms. The molecule has 0 spiro atoms. The molecule has 0 aromatic heterocycles. The van der Waals surface area contributed by atoms with Crippen LogP contribution in [0.15, 0.2) is 47.4 Å². The van der Waals surface area contributed by atoms with Gasteiger partial charge in [-0.15, -0.1) is 0 Å². The van der Waals surface area contributed by atoms with Gasteiger partial charge >= 0.3 is 6.18 Å². The highest BCUT2D eigenvalue weighted by molar-refractivity contribution is 7.91. The molecule has 226 valence electrons. The summed E-state index contributed by atoms with van der Waals surface area (Å²) < 4.78 is 77.4. The molecule has 0 radical (unpaired) electrons. The van der Waals surface area contributed by atoms with Crippen LogP contribution in [0.5, 0.6) is 0 Å². The van der Waals surface area contributed by atoms with E-state index >= 15 is 0 Å². The second kappa shape index (κ2) is 11.3. The molecule has 1 amide bonds. The van der Waals surface area contributed by atoms with Gasteiger partial charge in [0.05, 0.1) is 22.3 Å². The Morgan fingerprint density at radius 1 is 1.10 bits per heavy atom. The fraction of sp³-hybridized carbons (Fsp3) is 0.567. The number of carbonyl (C=O) groups excluding carboxylic acids is 1. The molecular formula is C30H39F3N2O5S. The molecule has 0 saturated carbocycles. The first-order chi connectivity index (χ1) is 18.8. The van der Waals surface area contributed by atoms with Crippen LogP contribution in [-0.4, -0.2) is 43.6 Å². The minimum absolute atomic E-state index is 0.0475. The first-order valence-corrected chi connectivity index (χ1v) is 15.5. The summed E-state index contributed by atoms with van der Waals surface area (Å²) in [6.45, 7) is 11.6. The first kappa shape index (κ1) is 31.5. The van der Waals surface area contributed by atoms with Crippen LogP contribution in [0, 0.1) is 0 Å². The molecule has 4 rings (SSSR count). The molecule has 2 N–H and O–H groups in total. The standard InChI is InChI=1S/C30H39F3N2O5S/c1-18(35-28(2,3)4)19-13-14-23-20(15-19)9-7-12-24(23)34-27(36)26-25(39-29(5,6)40-26)17-41(37,38)22-11-8-10-21(16-22)30(31,32)33/h8,10-11,13-16,18,24-26,35H,7,9,12,17H2,1-6H3,(H,34,36)/t18?,24-,25-,26-/m1/s1. The molecular weight excluding hydrogens is 557 g/mol. The number of carbonyl (C=O) groups is 1. The highest BCUT2D eigenvalue weighted by Gasteiger charge is 2.48. The van der Waals surface area contributed by atoms with Gasteiger partial charge in [0.25, 0.3) is 5.91 Å². The van der Waals surface area contributed by atoms with Crippen molar-refractivity contribution in [1.29, 1.82) is 0 Å².